The van der Waals surface area contributed by atoms with E-state index >= 15 is 0 Å². The summed E-state index contributed by atoms with van der Waals surface area (Å²) in [5.41, 5.74) is 5.09. The number of aryl methyl sites for hydroxylation is 1. The van der Waals surface area contributed by atoms with Gasteiger partial charge < -0.3 is 15.1 Å². The number of aromatic nitrogens is 2. The highest BCUT2D eigenvalue weighted by Gasteiger charge is 2.30. The van der Waals surface area contributed by atoms with Crippen LogP contribution in [-0.2, 0) is 14.4 Å². The van der Waals surface area contributed by atoms with Gasteiger partial charge >= 0.3 is 6.03 Å². The number of carbonyl (C=O) groups excluding carboxylic acids is 4. The summed E-state index contributed by atoms with van der Waals surface area (Å²) in [5.74, 6) is -2.06. The van der Waals surface area contributed by atoms with Crippen LogP contribution in [0.1, 0.15) is 43.0 Å². The van der Waals surface area contributed by atoms with Crippen LogP contribution in [-0.4, -0.2) is 44.5 Å². The second kappa shape index (κ2) is 16.0. The Morgan fingerprint density at radius 2 is 1.29 bits per heavy atom. The lowest BCUT2D eigenvalue weighted by Gasteiger charge is -2.16. The van der Waals surface area contributed by atoms with Crippen molar-refractivity contribution in [1.29, 1.82) is 0 Å². The Balaban J connectivity index is 0.000000178. The molecule has 4 aromatic rings. The third kappa shape index (κ3) is 8.72. The number of pyridine rings is 2. The molecule has 0 saturated carbocycles. The van der Waals surface area contributed by atoms with Crippen molar-refractivity contribution in [2.24, 2.45) is 16.9 Å². The van der Waals surface area contributed by atoms with Gasteiger partial charge in [-0.3, -0.25) is 34.6 Å². The van der Waals surface area contributed by atoms with Crippen LogP contribution in [0.15, 0.2) is 69.3 Å². The van der Waals surface area contributed by atoms with Crippen molar-refractivity contribution in [2.75, 3.05) is 5.01 Å². The second-order valence-electron chi connectivity index (χ2n) is 11.2. The maximum absolute atomic E-state index is 11.7. The van der Waals surface area contributed by atoms with E-state index in [1.807, 2.05) is 92.9 Å². The number of nitrogens with zero attached hydrogens (tertiary/aromatic N) is 3. The molecule has 5 amide bonds. The molecule has 49 heavy (non-hydrogen) atoms. The van der Waals surface area contributed by atoms with Crippen molar-refractivity contribution < 1.29 is 24.3 Å². The number of aromatic amines is 2. The van der Waals surface area contributed by atoms with E-state index < -0.39 is 29.3 Å². The minimum Gasteiger partial charge on any atom is -0.494 e. The van der Waals surface area contributed by atoms with E-state index in [4.69, 9.17) is 11.7 Å². The molecule has 0 spiro atoms. The molecule has 1 saturated heterocycles. The Bertz CT molecular complexity index is 2090. The third-order valence-corrected chi connectivity index (χ3v) is 8.04. The van der Waals surface area contributed by atoms with Crippen LogP contribution >= 0.6 is 0 Å². The molecule has 4 heterocycles. The highest BCUT2D eigenvalue weighted by Crippen LogP contribution is 2.23. The van der Waals surface area contributed by atoms with Crippen LogP contribution in [0.3, 0.4) is 0 Å². The maximum atomic E-state index is 11.7. The number of anilines is 1. The summed E-state index contributed by atoms with van der Waals surface area (Å²) < 4.78 is 0. The number of fused-ring (bicyclic) bond motifs is 1. The Morgan fingerprint density at radius 3 is 1.84 bits per heavy atom. The predicted molar refractivity (Wildman–Crippen MR) is 186 cm³/mol. The molecule has 1 unspecified atom stereocenters. The van der Waals surface area contributed by atoms with Gasteiger partial charge in [-0.2, -0.15) is 5.10 Å². The molecule has 2 aromatic heterocycles. The standard InChI is InChI=1S/C11H12N2O.C11H11NO.C8H8N2O2.C5H6N2O3/c1-8-9(2)12-13(11(8)14)10-6-4-3-5-7-10;1-7-8(2)11(13)12-10-6-4-3-5-9(7)10;1-4-5(2)7(11)10-8(12)6(4)9-3;1-2-3(8)6-5(10)7-4(2)9/h3-8H,1-2H3;3-6H,1-2H3,(H,12,13);1-2H3,(H2,10,11,12);2H,1H3,(H2,6,7,8,9,10). The normalized spacial score (nSPS) is 15.3. The van der Waals surface area contributed by atoms with Crippen LogP contribution < -0.4 is 26.8 Å². The molecule has 1 fully saturated rings. The Morgan fingerprint density at radius 1 is 0.714 bits per heavy atom. The van der Waals surface area contributed by atoms with E-state index in [-0.39, 0.29) is 29.0 Å². The van der Waals surface area contributed by atoms with Crippen LogP contribution in [0, 0.1) is 46.1 Å². The van der Waals surface area contributed by atoms with Crippen LogP contribution in [0.4, 0.5) is 16.2 Å². The number of rotatable bonds is 1. The Hall–Kier alpha value is -6.36. The van der Waals surface area contributed by atoms with E-state index in [1.54, 1.807) is 13.8 Å². The van der Waals surface area contributed by atoms with Gasteiger partial charge in [0, 0.05) is 27.7 Å². The number of para-hydroxylation sites is 2. The van der Waals surface area contributed by atoms with Crippen molar-refractivity contribution in [1.82, 2.24) is 20.6 Å². The number of carbonyl (C=O) groups is 4. The molecule has 2 aliphatic rings. The first-order chi connectivity index (χ1) is 23.1. The Labute approximate surface area is 281 Å². The van der Waals surface area contributed by atoms with E-state index in [9.17, 15) is 28.8 Å². The fraction of sp³-hybridized carbons (Fsp3) is 0.257. The van der Waals surface area contributed by atoms with Crippen LogP contribution in [0.25, 0.3) is 15.7 Å². The molecule has 14 heteroatoms. The average Bonchev–Trinajstić information content (AvgIpc) is 3.33. The smallest absolute Gasteiger partial charge is 0.328 e. The molecule has 5 N–H and O–H groups in total. The lowest BCUT2D eigenvalue weighted by atomic mass is 10.1. The summed E-state index contributed by atoms with van der Waals surface area (Å²) in [5, 5.41) is 19.9. The van der Waals surface area contributed by atoms with Crippen LogP contribution in [0.5, 0.6) is 5.88 Å². The maximum Gasteiger partial charge on any atom is 0.328 e. The molecular formula is C35H37N7O7. The van der Waals surface area contributed by atoms with Crippen molar-refractivity contribution in [3.8, 4) is 5.88 Å². The Kier molecular flexibility index (Phi) is 12.1. The molecule has 0 aliphatic carbocycles. The lowest BCUT2D eigenvalue weighted by molar-refractivity contribution is -0.135. The molecule has 0 bridgehead atoms. The number of aromatic hydroxyl groups is 1. The molecule has 0 radical (unpaired) electrons. The van der Waals surface area contributed by atoms with Crippen molar-refractivity contribution in [2.45, 2.75) is 48.5 Å². The first-order valence-corrected chi connectivity index (χ1v) is 15.1. The minimum atomic E-state index is -0.766. The van der Waals surface area contributed by atoms with Gasteiger partial charge in [0.2, 0.25) is 11.8 Å². The predicted octanol–water partition coefficient (Wildman–Crippen LogP) is 4.43. The highest BCUT2D eigenvalue weighted by molar-refractivity contribution is 6.16. The van der Waals surface area contributed by atoms with Gasteiger partial charge in [-0.1, -0.05) is 36.4 Å². The number of imide groups is 2. The van der Waals surface area contributed by atoms with E-state index in [1.165, 1.54) is 11.9 Å². The zero-order valence-electron chi connectivity index (χ0n) is 28.1. The number of hydrogen-bond donors (Lipinski definition) is 5. The largest absolute Gasteiger partial charge is 0.494 e. The number of nitrogens with one attached hydrogen (secondary N) is 4. The summed E-state index contributed by atoms with van der Waals surface area (Å²) in [6.07, 6.45) is 0. The number of hydrazone groups is 1. The minimum absolute atomic E-state index is 0.0104. The van der Waals surface area contributed by atoms with Crippen molar-refractivity contribution in [3.05, 3.63) is 109 Å². The zero-order chi connectivity index (χ0) is 36.6. The topological polar surface area (TPSA) is 198 Å². The quantitative estimate of drug-likeness (QED) is 0.146. The molecule has 2 aliphatic heterocycles. The summed E-state index contributed by atoms with van der Waals surface area (Å²) in [6, 6.07) is 16.6. The fourth-order valence-corrected chi connectivity index (χ4v) is 4.43. The first kappa shape index (κ1) is 37.1. The number of H-pyrrole nitrogens is 2. The monoisotopic (exact) mass is 667 g/mol. The summed E-state index contributed by atoms with van der Waals surface area (Å²) >= 11 is 0. The van der Waals surface area contributed by atoms with Crippen LogP contribution in [0.2, 0.25) is 0 Å². The average molecular weight is 668 g/mol. The fourth-order valence-electron chi connectivity index (χ4n) is 4.43. The molecule has 6 rings (SSSR count). The van der Waals surface area contributed by atoms with Crippen molar-refractivity contribution >= 4 is 51.7 Å². The molecular weight excluding hydrogens is 630 g/mol. The van der Waals surface area contributed by atoms with Gasteiger partial charge in [0.1, 0.15) is 5.92 Å². The van der Waals surface area contributed by atoms with Crippen molar-refractivity contribution in [3.63, 3.8) is 0 Å². The molecule has 1 atom stereocenters. The second-order valence-corrected chi connectivity index (χ2v) is 11.2. The number of amides is 5. The molecule has 2 aromatic carbocycles. The number of benzene rings is 2. The first-order valence-electron chi connectivity index (χ1n) is 15.1. The van der Waals surface area contributed by atoms with Gasteiger partial charge in [0.25, 0.3) is 22.7 Å². The molecule has 14 nitrogen and oxygen atoms in total. The van der Waals surface area contributed by atoms with Gasteiger partial charge in [-0.05, 0) is 77.8 Å². The third-order valence-electron chi connectivity index (χ3n) is 8.04. The summed E-state index contributed by atoms with van der Waals surface area (Å²) in [6.45, 7) is 19.0. The number of hydrogen-bond acceptors (Lipinski definition) is 8. The number of urea groups is 1. The van der Waals surface area contributed by atoms with Gasteiger partial charge in [0.05, 0.1) is 18.2 Å². The highest BCUT2D eigenvalue weighted by atomic mass is 16.3. The zero-order valence-corrected chi connectivity index (χ0v) is 28.1. The van der Waals surface area contributed by atoms with E-state index in [2.05, 4.69) is 19.9 Å². The SMILES string of the molecule is CC1=NN(c2ccccc2)C(=O)C1C.CC1C(=O)NC(=O)NC1=O.Cc1c(C)c2ccccc2[nH]c1=O.[C-]#[N+]c1c(C)c(C)c(O)[nH]c1=O. The lowest BCUT2D eigenvalue weighted by Crippen LogP contribution is -2.54. The van der Waals surface area contributed by atoms with E-state index in [0.717, 1.165) is 33.4 Å². The number of barbiturate groups is 1. The van der Waals surface area contributed by atoms with Gasteiger partial charge in [-0.25, -0.2) is 14.6 Å². The summed E-state index contributed by atoms with van der Waals surface area (Å²) in [4.78, 5) is 73.8. The van der Waals surface area contributed by atoms with Gasteiger partial charge in [-0.15, -0.1) is 0 Å². The molecule has 254 valence electrons. The van der Waals surface area contributed by atoms with E-state index in [0.29, 0.717) is 11.1 Å². The summed E-state index contributed by atoms with van der Waals surface area (Å²) in [7, 11) is 0. The van der Waals surface area contributed by atoms with Gasteiger partial charge in [0.15, 0.2) is 5.88 Å².